The number of amides is 1. The first-order valence-electron chi connectivity index (χ1n) is 8.78. The van der Waals surface area contributed by atoms with Gasteiger partial charge in [-0.1, -0.05) is 17.7 Å². The summed E-state index contributed by atoms with van der Waals surface area (Å²) in [6.07, 6.45) is 0. The molecule has 5 nitrogen and oxygen atoms in total. The van der Waals surface area contributed by atoms with E-state index in [4.69, 9.17) is 16.9 Å². The molecule has 0 radical (unpaired) electrons. The maximum absolute atomic E-state index is 12.6. The molecule has 3 N–H and O–H groups in total. The summed E-state index contributed by atoms with van der Waals surface area (Å²) in [5.74, 6) is 0.00331. The van der Waals surface area contributed by atoms with E-state index in [1.165, 1.54) is 9.78 Å². The molecule has 3 rings (SSSR count). The van der Waals surface area contributed by atoms with Gasteiger partial charge in [0.05, 0.1) is 20.8 Å². The standard InChI is InChI=1S/C19H21ClN4OS/c1-14(19(25)22-16-4-2-3-15(11-16)12-21)24-9-7-23(8-10-24)13-17-5-6-18(20)26-17/h2-6,11,14H,7-10,13H2,1H3,(H,22,25)/p+2/t14-/m1/s1. The lowest BCUT2D eigenvalue weighted by atomic mass is 10.2. The summed E-state index contributed by atoms with van der Waals surface area (Å²) in [6, 6.07) is 13.1. The predicted molar refractivity (Wildman–Crippen MR) is 104 cm³/mol. The summed E-state index contributed by atoms with van der Waals surface area (Å²) >= 11 is 7.65. The quantitative estimate of drug-likeness (QED) is 0.699. The maximum Gasteiger partial charge on any atom is 0.282 e. The molecule has 26 heavy (non-hydrogen) atoms. The number of hydrogen-bond acceptors (Lipinski definition) is 3. The minimum atomic E-state index is -0.113. The molecule has 7 heteroatoms. The number of anilines is 1. The number of carbonyl (C=O) groups is 1. The first-order chi connectivity index (χ1) is 12.5. The third-order valence-corrected chi connectivity index (χ3v) is 6.15. The molecule has 1 aromatic carbocycles. The van der Waals surface area contributed by atoms with Crippen molar-refractivity contribution in [2.45, 2.75) is 19.5 Å². The van der Waals surface area contributed by atoms with Gasteiger partial charge in [0.25, 0.3) is 5.91 Å². The molecule has 0 aliphatic carbocycles. The number of quaternary nitrogens is 2. The highest BCUT2D eigenvalue weighted by atomic mass is 35.5. The Balaban J connectivity index is 1.50. The van der Waals surface area contributed by atoms with Crippen LogP contribution in [0, 0.1) is 11.3 Å². The Labute approximate surface area is 162 Å². The lowest BCUT2D eigenvalue weighted by molar-refractivity contribution is -1.02. The van der Waals surface area contributed by atoms with Crippen LogP contribution in [0.5, 0.6) is 0 Å². The second-order valence-electron chi connectivity index (χ2n) is 6.69. The zero-order valence-electron chi connectivity index (χ0n) is 14.7. The molecule has 1 amide bonds. The summed E-state index contributed by atoms with van der Waals surface area (Å²) in [5, 5.41) is 11.9. The molecule has 0 bridgehead atoms. The summed E-state index contributed by atoms with van der Waals surface area (Å²) in [6.45, 7) is 7.02. The first kappa shape index (κ1) is 18.9. The van der Waals surface area contributed by atoms with Crippen LogP contribution in [0.3, 0.4) is 0 Å². The topological polar surface area (TPSA) is 61.8 Å². The average Bonchev–Trinajstić information content (AvgIpc) is 3.06. The highest BCUT2D eigenvalue weighted by Gasteiger charge is 2.31. The second kappa shape index (κ2) is 8.65. The summed E-state index contributed by atoms with van der Waals surface area (Å²) in [7, 11) is 0. The van der Waals surface area contributed by atoms with E-state index in [9.17, 15) is 4.79 Å². The van der Waals surface area contributed by atoms with Crippen molar-refractivity contribution in [1.29, 1.82) is 5.26 Å². The summed E-state index contributed by atoms with van der Waals surface area (Å²) < 4.78 is 0.842. The number of rotatable bonds is 5. The van der Waals surface area contributed by atoms with Gasteiger partial charge in [0, 0.05) is 5.69 Å². The van der Waals surface area contributed by atoms with Crippen LogP contribution in [0.2, 0.25) is 4.34 Å². The number of hydrogen-bond donors (Lipinski definition) is 3. The van der Waals surface area contributed by atoms with Crippen LogP contribution in [0.4, 0.5) is 5.69 Å². The highest BCUT2D eigenvalue weighted by molar-refractivity contribution is 7.16. The van der Waals surface area contributed by atoms with Gasteiger partial charge in [-0.2, -0.15) is 5.26 Å². The van der Waals surface area contributed by atoms with Gasteiger partial charge in [0.15, 0.2) is 6.04 Å². The zero-order valence-corrected chi connectivity index (χ0v) is 16.3. The van der Waals surface area contributed by atoms with Crippen LogP contribution in [0.25, 0.3) is 0 Å². The molecule has 1 aliphatic rings. The summed E-state index contributed by atoms with van der Waals surface area (Å²) in [4.78, 5) is 16.7. The molecule has 1 atom stereocenters. The van der Waals surface area contributed by atoms with Gasteiger partial charge < -0.3 is 15.1 Å². The average molecular weight is 391 g/mol. The SMILES string of the molecule is C[C@H](C(=O)Nc1cccc(C#N)c1)[NH+]1CC[NH+](Cc2ccc(Cl)s2)CC1. The monoisotopic (exact) mass is 390 g/mol. The molecule has 0 saturated carbocycles. The molecular weight excluding hydrogens is 368 g/mol. The maximum atomic E-state index is 12.6. The van der Waals surface area contributed by atoms with Crippen molar-refractivity contribution in [3.63, 3.8) is 0 Å². The van der Waals surface area contributed by atoms with Crippen LogP contribution in [0.15, 0.2) is 36.4 Å². The number of carbonyl (C=O) groups excluding carboxylic acids is 1. The van der Waals surface area contributed by atoms with Crippen molar-refractivity contribution in [3.8, 4) is 6.07 Å². The van der Waals surface area contributed by atoms with E-state index in [2.05, 4.69) is 17.5 Å². The molecule has 0 spiro atoms. The van der Waals surface area contributed by atoms with Gasteiger partial charge in [-0.15, -0.1) is 11.3 Å². The normalized spacial score (nSPS) is 21.0. The van der Waals surface area contributed by atoms with E-state index in [1.807, 2.05) is 19.1 Å². The van der Waals surface area contributed by atoms with Crippen molar-refractivity contribution in [1.82, 2.24) is 0 Å². The smallest absolute Gasteiger partial charge is 0.282 e. The number of benzene rings is 1. The van der Waals surface area contributed by atoms with Gasteiger partial charge in [-0.3, -0.25) is 4.79 Å². The molecule has 1 aliphatic heterocycles. The number of piperazine rings is 1. The van der Waals surface area contributed by atoms with E-state index in [0.717, 1.165) is 37.1 Å². The minimum absolute atomic E-state index is 0.00331. The second-order valence-corrected chi connectivity index (χ2v) is 8.49. The Morgan fingerprint density at radius 2 is 2.08 bits per heavy atom. The van der Waals surface area contributed by atoms with Gasteiger partial charge in [-0.25, -0.2) is 0 Å². The number of halogens is 1. The van der Waals surface area contributed by atoms with Crippen molar-refractivity contribution in [3.05, 3.63) is 51.2 Å². The summed E-state index contributed by atoms with van der Waals surface area (Å²) in [5.41, 5.74) is 1.23. The number of nitrogens with one attached hydrogen (secondary N) is 3. The van der Waals surface area contributed by atoms with Gasteiger partial charge in [0.1, 0.15) is 32.7 Å². The van der Waals surface area contributed by atoms with E-state index in [1.54, 1.807) is 34.4 Å². The van der Waals surface area contributed by atoms with Crippen LogP contribution < -0.4 is 15.1 Å². The highest BCUT2D eigenvalue weighted by Crippen LogP contribution is 2.20. The van der Waals surface area contributed by atoms with E-state index in [0.29, 0.717) is 11.3 Å². The minimum Gasteiger partial charge on any atom is -0.321 e. The van der Waals surface area contributed by atoms with Gasteiger partial charge in [-0.05, 0) is 37.3 Å². The Morgan fingerprint density at radius 3 is 2.73 bits per heavy atom. The third-order valence-electron chi connectivity index (χ3n) is 4.92. The fourth-order valence-corrected chi connectivity index (χ4v) is 4.49. The predicted octanol–water partition coefficient (Wildman–Crippen LogP) is 0.584. The van der Waals surface area contributed by atoms with Crippen molar-refractivity contribution in [2.75, 3.05) is 31.5 Å². The molecule has 2 aromatic rings. The molecule has 1 fully saturated rings. The fourth-order valence-electron chi connectivity index (χ4n) is 3.33. The fraction of sp³-hybridized carbons (Fsp3) is 0.368. The zero-order chi connectivity index (χ0) is 18.5. The molecule has 1 saturated heterocycles. The van der Waals surface area contributed by atoms with Crippen LogP contribution in [-0.2, 0) is 11.3 Å². The molecule has 2 heterocycles. The first-order valence-corrected chi connectivity index (χ1v) is 9.98. The lowest BCUT2D eigenvalue weighted by Gasteiger charge is -2.32. The lowest BCUT2D eigenvalue weighted by Crippen LogP contribution is -3.29. The Kier molecular flexibility index (Phi) is 6.28. The third kappa shape index (κ3) is 4.83. The van der Waals surface area contributed by atoms with Crippen LogP contribution in [-0.4, -0.2) is 38.1 Å². The molecule has 0 unspecified atom stereocenters. The van der Waals surface area contributed by atoms with Gasteiger partial charge >= 0.3 is 0 Å². The Morgan fingerprint density at radius 1 is 1.31 bits per heavy atom. The molecular formula is C19H23ClN4OS+2. The molecule has 1 aromatic heterocycles. The number of nitriles is 1. The van der Waals surface area contributed by atoms with Crippen molar-refractivity contribution < 1.29 is 14.6 Å². The van der Waals surface area contributed by atoms with Crippen molar-refractivity contribution >= 4 is 34.5 Å². The van der Waals surface area contributed by atoms with E-state index >= 15 is 0 Å². The number of nitrogens with zero attached hydrogens (tertiary/aromatic N) is 1. The Hall–Kier alpha value is -1.91. The van der Waals surface area contributed by atoms with Gasteiger partial charge in [0.2, 0.25) is 0 Å². The van der Waals surface area contributed by atoms with Crippen LogP contribution in [0.1, 0.15) is 17.4 Å². The Bertz CT molecular complexity index is 808. The van der Waals surface area contributed by atoms with Crippen LogP contribution >= 0.6 is 22.9 Å². The number of thiophene rings is 1. The van der Waals surface area contributed by atoms with E-state index < -0.39 is 0 Å². The largest absolute Gasteiger partial charge is 0.321 e. The van der Waals surface area contributed by atoms with Crippen molar-refractivity contribution in [2.24, 2.45) is 0 Å². The van der Waals surface area contributed by atoms with E-state index in [-0.39, 0.29) is 11.9 Å². The molecule has 136 valence electrons.